The number of nitrogens with zero attached hydrogens (tertiary/aromatic N) is 1. The molecule has 0 spiro atoms. The van der Waals surface area contributed by atoms with Crippen molar-refractivity contribution in [2.24, 2.45) is 11.1 Å². The molecule has 19 heavy (non-hydrogen) atoms. The highest BCUT2D eigenvalue weighted by Crippen LogP contribution is 2.32. The minimum absolute atomic E-state index is 0.215. The van der Waals surface area contributed by atoms with Crippen LogP contribution in [0.15, 0.2) is 18.2 Å². The van der Waals surface area contributed by atoms with E-state index >= 15 is 0 Å². The number of ether oxygens (including phenoxy) is 1. The minimum atomic E-state index is -0.456. The highest BCUT2D eigenvalue weighted by Gasteiger charge is 2.38. The Balaban J connectivity index is 2.05. The van der Waals surface area contributed by atoms with Crippen LogP contribution in [0.25, 0.3) is 0 Å². The Morgan fingerprint density at radius 2 is 2.32 bits per heavy atom. The molecule has 0 aromatic heterocycles. The van der Waals surface area contributed by atoms with E-state index in [1.165, 1.54) is 0 Å². The maximum Gasteiger partial charge on any atom is 0.224 e. The number of hydrogen-bond donors (Lipinski definition) is 2. The molecular formula is C14H20N2O3. The number of hydrogen-bond acceptors (Lipinski definition) is 4. The Labute approximate surface area is 113 Å². The Kier molecular flexibility index (Phi) is 3.66. The zero-order valence-electron chi connectivity index (χ0n) is 11.3. The van der Waals surface area contributed by atoms with Crippen molar-refractivity contribution < 1.29 is 14.6 Å². The van der Waals surface area contributed by atoms with Crippen molar-refractivity contribution in [3.05, 3.63) is 23.8 Å². The summed E-state index contributed by atoms with van der Waals surface area (Å²) in [7, 11) is 1.56. The molecule has 2 rings (SSSR count). The standard InChI is InChI=1S/C14H20N2O3/c1-14(13(15)18)5-6-16(9-14)8-10-3-4-11(19-2)7-12(10)17/h3-4,7,17H,5-6,8-9H2,1-2H3,(H2,15,18). The first kappa shape index (κ1) is 13.7. The molecule has 1 saturated heterocycles. The van der Waals surface area contributed by atoms with Crippen molar-refractivity contribution in [1.29, 1.82) is 0 Å². The summed E-state index contributed by atoms with van der Waals surface area (Å²) in [6.45, 7) is 3.95. The van der Waals surface area contributed by atoms with E-state index < -0.39 is 5.41 Å². The topological polar surface area (TPSA) is 75.8 Å². The number of phenols is 1. The Morgan fingerprint density at radius 3 is 2.84 bits per heavy atom. The first-order valence-corrected chi connectivity index (χ1v) is 6.33. The lowest BCUT2D eigenvalue weighted by Crippen LogP contribution is -2.36. The first-order chi connectivity index (χ1) is 8.94. The predicted octanol–water partition coefficient (Wildman–Crippen LogP) is 1.10. The molecule has 1 heterocycles. The fourth-order valence-electron chi connectivity index (χ4n) is 2.44. The molecule has 1 aliphatic heterocycles. The second kappa shape index (κ2) is 5.09. The number of phenolic OH excluding ortho intramolecular Hbond substituents is 1. The fraction of sp³-hybridized carbons (Fsp3) is 0.500. The average Bonchev–Trinajstić information content (AvgIpc) is 2.75. The van der Waals surface area contributed by atoms with Gasteiger partial charge in [0.2, 0.25) is 5.91 Å². The van der Waals surface area contributed by atoms with Gasteiger partial charge in [-0.2, -0.15) is 0 Å². The second-order valence-electron chi connectivity index (χ2n) is 5.38. The normalized spacial score (nSPS) is 23.5. The average molecular weight is 264 g/mol. The van der Waals surface area contributed by atoms with E-state index in [0.29, 0.717) is 18.8 Å². The predicted molar refractivity (Wildman–Crippen MR) is 71.9 cm³/mol. The molecule has 1 aromatic rings. The van der Waals surface area contributed by atoms with Crippen LogP contribution < -0.4 is 10.5 Å². The maximum absolute atomic E-state index is 11.4. The second-order valence-corrected chi connectivity index (χ2v) is 5.38. The number of rotatable bonds is 4. The zero-order valence-corrected chi connectivity index (χ0v) is 11.3. The van der Waals surface area contributed by atoms with Crippen LogP contribution in [0, 0.1) is 5.41 Å². The molecule has 104 valence electrons. The SMILES string of the molecule is COc1ccc(CN2CCC(C)(C(N)=O)C2)c(O)c1. The van der Waals surface area contributed by atoms with Crippen LogP contribution >= 0.6 is 0 Å². The summed E-state index contributed by atoms with van der Waals surface area (Å²) < 4.78 is 5.05. The van der Waals surface area contributed by atoms with Gasteiger partial charge < -0.3 is 15.6 Å². The number of amides is 1. The number of likely N-dealkylation sites (tertiary alicyclic amines) is 1. The summed E-state index contributed by atoms with van der Waals surface area (Å²) in [4.78, 5) is 13.5. The van der Waals surface area contributed by atoms with Crippen molar-refractivity contribution in [3.8, 4) is 11.5 Å². The van der Waals surface area contributed by atoms with Gasteiger partial charge in [-0.05, 0) is 26.0 Å². The fourth-order valence-corrected chi connectivity index (χ4v) is 2.44. The minimum Gasteiger partial charge on any atom is -0.507 e. The zero-order chi connectivity index (χ0) is 14.0. The van der Waals surface area contributed by atoms with Gasteiger partial charge in [0.05, 0.1) is 12.5 Å². The molecule has 1 amide bonds. The summed E-state index contributed by atoms with van der Waals surface area (Å²) in [5.41, 5.74) is 5.80. The molecule has 0 bridgehead atoms. The number of methoxy groups -OCH3 is 1. The highest BCUT2D eigenvalue weighted by atomic mass is 16.5. The van der Waals surface area contributed by atoms with E-state index in [-0.39, 0.29) is 11.7 Å². The molecule has 1 aliphatic rings. The summed E-state index contributed by atoms with van der Waals surface area (Å²) in [6.07, 6.45) is 0.763. The van der Waals surface area contributed by atoms with E-state index in [1.54, 1.807) is 13.2 Å². The monoisotopic (exact) mass is 264 g/mol. The summed E-state index contributed by atoms with van der Waals surface area (Å²) >= 11 is 0. The lowest BCUT2D eigenvalue weighted by Gasteiger charge is -2.21. The van der Waals surface area contributed by atoms with Gasteiger partial charge in [-0.3, -0.25) is 9.69 Å². The van der Waals surface area contributed by atoms with Crippen molar-refractivity contribution in [2.45, 2.75) is 19.9 Å². The van der Waals surface area contributed by atoms with Crippen LogP contribution in [0.4, 0.5) is 0 Å². The van der Waals surface area contributed by atoms with E-state index in [4.69, 9.17) is 10.5 Å². The molecule has 5 heteroatoms. The number of aromatic hydroxyl groups is 1. The van der Waals surface area contributed by atoms with Crippen LogP contribution in [0.1, 0.15) is 18.9 Å². The molecule has 0 radical (unpaired) electrons. The molecule has 1 atom stereocenters. The third-order valence-electron chi connectivity index (χ3n) is 3.83. The number of carbonyl (C=O) groups is 1. The summed E-state index contributed by atoms with van der Waals surface area (Å²) in [5.74, 6) is 0.589. The van der Waals surface area contributed by atoms with E-state index in [9.17, 15) is 9.90 Å². The molecular weight excluding hydrogens is 244 g/mol. The molecule has 5 nitrogen and oxygen atoms in total. The van der Waals surface area contributed by atoms with Crippen molar-refractivity contribution >= 4 is 5.91 Å². The van der Waals surface area contributed by atoms with Crippen LogP contribution in [-0.2, 0) is 11.3 Å². The quantitative estimate of drug-likeness (QED) is 0.853. The first-order valence-electron chi connectivity index (χ1n) is 6.33. The maximum atomic E-state index is 11.4. The van der Waals surface area contributed by atoms with E-state index in [0.717, 1.165) is 18.5 Å². The van der Waals surface area contributed by atoms with Gasteiger partial charge >= 0.3 is 0 Å². The van der Waals surface area contributed by atoms with Crippen LogP contribution in [0.3, 0.4) is 0 Å². The third-order valence-corrected chi connectivity index (χ3v) is 3.83. The van der Waals surface area contributed by atoms with Crippen molar-refractivity contribution in [3.63, 3.8) is 0 Å². The molecule has 3 N–H and O–H groups in total. The van der Waals surface area contributed by atoms with E-state index in [1.807, 2.05) is 19.1 Å². The molecule has 1 unspecified atom stereocenters. The number of benzene rings is 1. The smallest absolute Gasteiger partial charge is 0.224 e. The lowest BCUT2D eigenvalue weighted by atomic mass is 9.89. The van der Waals surface area contributed by atoms with Crippen LogP contribution in [0.5, 0.6) is 11.5 Å². The van der Waals surface area contributed by atoms with E-state index in [2.05, 4.69) is 4.90 Å². The van der Waals surface area contributed by atoms with Crippen LogP contribution in [0.2, 0.25) is 0 Å². The van der Waals surface area contributed by atoms with Gasteiger partial charge in [-0.25, -0.2) is 0 Å². The van der Waals surface area contributed by atoms with Gasteiger partial charge in [0.1, 0.15) is 11.5 Å². The summed E-state index contributed by atoms with van der Waals surface area (Å²) in [5, 5.41) is 9.92. The number of nitrogens with two attached hydrogens (primary N) is 1. The van der Waals surface area contributed by atoms with Gasteiger partial charge in [-0.15, -0.1) is 0 Å². The molecule has 0 aliphatic carbocycles. The lowest BCUT2D eigenvalue weighted by molar-refractivity contribution is -0.126. The number of carbonyl (C=O) groups excluding carboxylic acids is 1. The molecule has 0 saturated carbocycles. The van der Waals surface area contributed by atoms with Gasteiger partial charge in [0.15, 0.2) is 0 Å². The Morgan fingerprint density at radius 1 is 1.58 bits per heavy atom. The highest BCUT2D eigenvalue weighted by molar-refractivity contribution is 5.81. The van der Waals surface area contributed by atoms with Crippen LogP contribution in [-0.4, -0.2) is 36.1 Å². The van der Waals surface area contributed by atoms with Crippen molar-refractivity contribution in [2.75, 3.05) is 20.2 Å². The Bertz CT molecular complexity index is 490. The largest absolute Gasteiger partial charge is 0.507 e. The molecule has 1 aromatic carbocycles. The van der Waals surface area contributed by atoms with Gasteiger partial charge in [-0.1, -0.05) is 6.07 Å². The Hall–Kier alpha value is -1.75. The number of primary amides is 1. The van der Waals surface area contributed by atoms with Gasteiger partial charge in [0.25, 0.3) is 0 Å². The third kappa shape index (κ3) is 2.81. The van der Waals surface area contributed by atoms with Gasteiger partial charge in [0, 0.05) is 24.7 Å². The molecule has 1 fully saturated rings. The summed E-state index contributed by atoms with van der Waals surface area (Å²) in [6, 6.07) is 5.26. The van der Waals surface area contributed by atoms with Crippen molar-refractivity contribution in [1.82, 2.24) is 4.90 Å².